The molecule has 0 radical (unpaired) electrons. The van der Waals surface area contributed by atoms with Gasteiger partial charge in [0.1, 0.15) is 0 Å². The van der Waals surface area contributed by atoms with E-state index in [0.29, 0.717) is 5.92 Å². The quantitative estimate of drug-likeness (QED) is 0.257. The molecule has 142 valence electrons. The molecule has 0 aliphatic rings. The summed E-state index contributed by atoms with van der Waals surface area (Å²) in [6.07, 6.45) is 9.54. The third kappa shape index (κ3) is 8.17. The van der Waals surface area contributed by atoms with Crippen LogP contribution in [0.1, 0.15) is 54.9 Å². The maximum Gasteiger partial charge on any atom is 0.249 e. The largest absolute Gasteiger partial charge is 0.549 e. The average Bonchev–Trinajstić information content (AvgIpc) is 2.35. The molecule has 0 N–H and O–H groups in total. The third-order valence-corrected chi connectivity index (χ3v) is 14.4. The van der Waals surface area contributed by atoms with Gasteiger partial charge in [-0.05, 0) is 54.7 Å². The molecule has 0 bridgehead atoms. The molecule has 0 aliphatic carbocycles. The number of allylic oxidation sites excluding steroid dienone is 2. The van der Waals surface area contributed by atoms with Crippen LogP contribution in [0.25, 0.3) is 0 Å². The van der Waals surface area contributed by atoms with Gasteiger partial charge in [-0.25, -0.2) is 0 Å². The topological polar surface area (TPSA) is 18.5 Å². The number of rotatable bonds is 8. The Hall–Kier alpha value is -0.326. The van der Waals surface area contributed by atoms with E-state index in [1.807, 2.05) is 6.26 Å². The molecule has 0 saturated carbocycles. The summed E-state index contributed by atoms with van der Waals surface area (Å²) in [5.74, 6) is 0.485. The van der Waals surface area contributed by atoms with Crippen molar-refractivity contribution in [2.45, 2.75) is 91.2 Å². The Morgan fingerprint density at radius 3 is 1.79 bits per heavy atom. The molecule has 0 fully saturated rings. The molecule has 0 aromatic carbocycles. The standard InChI is InChI=1S/C20H42O2Si2/c1-18(15-17-22-24(10,11)20(5,6)7)14-12-13-16-21-23(8,9)19(2,3)4/h12-13,15,17-18H,14,16H2,1-11H3/b13-12+,17-15-/t18-/m0/s1. The van der Waals surface area contributed by atoms with E-state index in [1.165, 1.54) is 0 Å². The molecule has 2 nitrogen and oxygen atoms in total. The van der Waals surface area contributed by atoms with Gasteiger partial charge in [-0.15, -0.1) is 0 Å². The zero-order valence-electron chi connectivity index (χ0n) is 18.1. The predicted molar refractivity (Wildman–Crippen MR) is 113 cm³/mol. The van der Waals surface area contributed by atoms with Crippen molar-refractivity contribution in [3.8, 4) is 0 Å². The van der Waals surface area contributed by atoms with Crippen LogP contribution in [-0.4, -0.2) is 23.2 Å². The smallest absolute Gasteiger partial charge is 0.249 e. The maximum absolute atomic E-state index is 6.15. The Morgan fingerprint density at radius 2 is 1.33 bits per heavy atom. The van der Waals surface area contributed by atoms with Gasteiger partial charge in [0.15, 0.2) is 8.32 Å². The first-order valence-corrected chi connectivity index (χ1v) is 15.1. The summed E-state index contributed by atoms with van der Waals surface area (Å²) in [7, 11) is -3.30. The highest BCUT2D eigenvalue weighted by Gasteiger charge is 2.38. The normalized spacial score (nSPS) is 16.1. The lowest BCUT2D eigenvalue weighted by Crippen LogP contribution is -2.40. The predicted octanol–water partition coefficient (Wildman–Crippen LogP) is 7.13. The first kappa shape index (κ1) is 23.7. The highest BCUT2D eigenvalue weighted by atomic mass is 28.4. The average molecular weight is 371 g/mol. The Labute approximate surface area is 154 Å². The van der Waals surface area contributed by atoms with Crippen LogP contribution in [0, 0.1) is 5.92 Å². The lowest BCUT2D eigenvalue weighted by molar-refractivity contribution is 0.327. The van der Waals surface area contributed by atoms with Crippen LogP contribution >= 0.6 is 0 Å². The molecule has 0 heterocycles. The molecular weight excluding hydrogens is 328 g/mol. The maximum atomic E-state index is 6.15. The van der Waals surface area contributed by atoms with Crippen LogP contribution in [0.4, 0.5) is 0 Å². The Kier molecular flexibility index (Phi) is 8.74. The van der Waals surface area contributed by atoms with E-state index in [9.17, 15) is 0 Å². The van der Waals surface area contributed by atoms with E-state index >= 15 is 0 Å². The summed E-state index contributed by atoms with van der Waals surface area (Å²) in [5, 5.41) is 0.527. The first-order valence-electron chi connectivity index (χ1n) is 9.23. The Balaban J connectivity index is 4.23. The van der Waals surface area contributed by atoms with Gasteiger partial charge in [-0.3, -0.25) is 0 Å². The van der Waals surface area contributed by atoms with Gasteiger partial charge < -0.3 is 8.85 Å². The second-order valence-corrected chi connectivity index (χ2v) is 19.5. The Morgan fingerprint density at radius 1 is 0.833 bits per heavy atom. The second-order valence-electron chi connectivity index (χ2n) is 9.96. The van der Waals surface area contributed by atoms with E-state index < -0.39 is 16.6 Å². The molecule has 24 heavy (non-hydrogen) atoms. The van der Waals surface area contributed by atoms with Crippen LogP contribution in [0.3, 0.4) is 0 Å². The first-order chi connectivity index (χ1) is 10.6. The number of hydrogen-bond donors (Lipinski definition) is 0. The van der Waals surface area contributed by atoms with E-state index in [4.69, 9.17) is 8.85 Å². The molecule has 0 saturated heterocycles. The molecule has 0 aliphatic heterocycles. The fourth-order valence-corrected chi connectivity index (χ4v) is 3.17. The lowest BCUT2D eigenvalue weighted by atomic mass is 10.1. The van der Waals surface area contributed by atoms with Crippen LogP contribution in [-0.2, 0) is 8.85 Å². The fraction of sp³-hybridized carbons (Fsp3) is 0.800. The zero-order chi connectivity index (χ0) is 19.2. The van der Waals surface area contributed by atoms with E-state index in [1.54, 1.807) is 0 Å². The van der Waals surface area contributed by atoms with Crippen LogP contribution in [0.5, 0.6) is 0 Å². The van der Waals surface area contributed by atoms with Gasteiger partial charge >= 0.3 is 0 Å². The van der Waals surface area contributed by atoms with Crippen molar-refractivity contribution >= 4 is 16.6 Å². The summed E-state index contributed by atoms with van der Waals surface area (Å²) in [6, 6.07) is 0. The molecule has 0 aromatic heterocycles. The van der Waals surface area contributed by atoms with Gasteiger partial charge in [0.25, 0.3) is 0 Å². The number of hydrogen-bond acceptors (Lipinski definition) is 2. The molecule has 0 unspecified atom stereocenters. The minimum Gasteiger partial charge on any atom is -0.549 e. The van der Waals surface area contributed by atoms with Crippen molar-refractivity contribution in [2.75, 3.05) is 6.61 Å². The van der Waals surface area contributed by atoms with Crippen molar-refractivity contribution < 1.29 is 8.85 Å². The molecular formula is C20H42O2Si2. The lowest BCUT2D eigenvalue weighted by Gasteiger charge is -2.35. The summed E-state index contributed by atoms with van der Waals surface area (Å²) in [4.78, 5) is 0. The third-order valence-electron chi connectivity index (χ3n) is 5.60. The van der Waals surface area contributed by atoms with Gasteiger partial charge in [-0.2, -0.15) is 0 Å². The molecule has 0 rings (SSSR count). The molecule has 0 aromatic rings. The van der Waals surface area contributed by atoms with Gasteiger partial charge in [0.05, 0.1) is 12.9 Å². The Bertz CT molecular complexity index is 424. The van der Waals surface area contributed by atoms with Crippen molar-refractivity contribution in [3.63, 3.8) is 0 Å². The highest BCUT2D eigenvalue weighted by Crippen LogP contribution is 2.37. The summed E-state index contributed by atoms with van der Waals surface area (Å²) in [6.45, 7) is 25.7. The molecule has 0 spiro atoms. The van der Waals surface area contributed by atoms with Crippen molar-refractivity contribution in [3.05, 3.63) is 24.5 Å². The molecule has 0 amide bonds. The fourth-order valence-electron chi connectivity index (χ4n) is 1.45. The minimum absolute atomic E-state index is 0.252. The summed E-state index contributed by atoms with van der Waals surface area (Å²) >= 11 is 0. The van der Waals surface area contributed by atoms with Crippen LogP contribution in [0.2, 0.25) is 36.3 Å². The second kappa shape index (κ2) is 8.86. The van der Waals surface area contributed by atoms with Crippen LogP contribution < -0.4 is 0 Å². The van der Waals surface area contributed by atoms with Crippen LogP contribution in [0.15, 0.2) is 24.5 Å². The van der Waals surface area contributed by atoms with Crippen molar-refractivity contribution in [1.29, 1.82) is 0 Å². The van der Waals surface area contributed by atoms with Crippen molar-refractivity contribution in [2.24, 2.45) is 5.92 Å². The van der Waals surface area contributed by atoms with Gasteiger partial charge in [-0.1, -0.05) is 60.6 Å². The van der Waals surface area contributed by atoms with E-state index in [-0.39, 0.29) is 10.1 Å². The van der Waals surface area contributed by atoms with Gasteiger partial charge in [0.2, 0.25) is 8.32 Å². The SMILES string of the molecule is C[C@H](/C=C\O[Si](C)(C)C(C)(C)C)C/C=C/CO[Si](C)(C)C(C)(C)C. The monoisotopic (exact) mass is 370 g/mol. The van der Waals surface area contributed by atoms with Gasteiger partial charge in [0, 0.05) is 0 Å². The summed E-state index contributed by atoms with van der Waals surface area (Å²) < 4.78 is 12.2. The van der Waals surface area contributed by atoms with E-state index in [0.717, 1.165) is 13.0 Å². The molecule has 1 atom stereocenters. The zero-order valence-corrected chi connectivity index (χ0v) is 20.1. The van der Waals surface area contributed by atoms with Crippen molar-refractivity contribution in [1.82, 2.24) is 0 Å². The minimum atomic E-state index is -1.67. The highest BCUT2D eigenvalue weighted by molar-refractivity contribution is 6.74. The molecule has 4 heteroatoms. The summed E-state index contributed by atoms with van der Waals surface area (Å²) in [5.41, 5.74) is 0. The van der Waals surface area contributed by atoms with E-state index in [2.05, 4.69) is 92.9 Å².